The Kier molecular flexibility index (Phi) is 5.44. The van der Waals surface area contributed by atoms with Crippen molar-refractivity contribution in [2.24, 2.45) is 5.92 Å². The van der Waals surface area contributed by atoms with Gasteiger partial charge in [0.2, 0.25) is 5.91 Å². The van der Waals surface area contributed by atoms with E-state index in [0.717, 1.165) is 23.4 Å². The molecule has 1 aliphatic rings. The highest BCUT2D eigenvalue weighted by Gasteiger charge is 2.33. The van der Waals surface area contributed by atoms with Gasteiger partial charge in [-0.3, -0.25) is 4.79 Å². The van der Waals surface area contributed by atoms with E-state index < -0.39 is 0 Å². The molecular formula is C16H22ClNO2. The zero-order valence-corrected chi connectivity index (χ0v) is 12.9. The van der Waals surface area contributed by atoms with Crippen LogP contribution >= 0.6 is 11.6 Å². The minimum Gasteiger partial charge on any atom is -0.370 e. The molecule has 0 aliphatic carbocycles. The molecular weight excluding hydrogens is 274 g/mol. The fraction of sp³-hybridized carbons (Fsp3) is 0.562. The summed E-state index contributed by atoms with van der Waals surface area (Å²) in [5.41, 5.74) is 0.999. The fourth-order valence-corrected chi connectivity index (χ4v) is 2.63. The highest BCUT2D eigenvalue weighted by Crippen LogP contribution is 2.21. The van der Waals surface area contributed by atoms with E-state index in [4.69, 9.17) is 16.3 Å². The van der Waals surface area contributed by atoms with Crippen LogP contribution < -0.4 is 0 Å². The molecule has 1 aromatic rings. The maximum atomic E-state index is 12.1. The van der Waals surface area contributed by atoms with Gasteiger partial charge in [-0.1, -0.05) is 43.6 Å². The van der Waals surface area contributed by atoms with Gasteiger partial charge in [0, 0.05) is 24.0 Å². The molecule has 0 N–H and O–H groups in total. The van der Waals surface area contributed by atoms with E-state index >= 15 is 0 Å². The smallest absolute Gasteiger partial charge is 0.225 e. The second-order valence-electron chi connectivity index (χ2n) is 5.28. The average Bonchev–Trinajstić information content (AvgIpc) is 2.40. The quantitative estimate of drug-likeness (QED) is 0.804. The normalized spacial score (nSPS) is 15.5. The minimum absolute atomic E-state index is 0.143. The van der Waals surface area contributed by atoms with Gasteiger partial charge in [0.15, 0.2) is 0 Å². The van der Waals surface area contributed by atoms with Crippen LogP contribution in [0, 0.1) is 5.92 Å². The number of hydrogen-bond acceptors (Lipinski definition) is 2. The summed E-state index contributed by atoms with van der Waals surface area (Å²) in [5.74, 6) is 0.437. The Labute approximate surface area is 125 Å². The van der Waals surface area contributed by atoms with Gasteiger partial charge in [0.1, 0.15) is 0 Å². The third-order valence-corrected chi connectivity index (χ3v) is 4.30. The summed E-state index contributed by atoms with van der Waals surface area (Å²) in [6.07, 6.45) is 1.97. The Morgan fingerprint density at radius 2 is 2.00 bits per heavy atom. The summed E-state index contributed by atoms with van der Waals surface area (Å²) < 4.78 is 5.79. The minimum atomic E-state index is 0.143. The number of amides is 1. The van der Waals surface area contributed by atoms with Gasteiger partial charge >= 0.3 is 0 Å². The highest BCUT2D eigenvalue weighted by atomic mass is 35.5. The molecule has 1 heterocycles. The Balaban J connectivity index is 1.75. The van der Waals surface area contributed by atoms with Crippen LogP contribution in [0.25, 0.3) is 0 Å². The standard InChI is InChI=1S/C16H22ClNO2/c1-3-12(4-2)16(19)18-9-14(10-18)20-11-13-7-5-6-8-15(13)17/h5-8,12,14H,3-4,9-11H2,1-2H3. The summed E-state index contributed by atoms with van der Waals surface area (Å²) in [4.78, 5) is 14.0. The Hall–Kier alpha value is -1.06. The summed E-state index contributed by atoms with van der Waals surface area (Å²) in [7, 11) is 0. The Bertz CT molecular complexity index is 454. The molecule has 0 unspecified atom stereocenters. The molecule has 0 aromatic heterocycles. The molecule has 0 atom stereocenters. The second kappa shape index (κ2) is 7.09. The molecule has 0 radical (unpaired) electrons. The van der Waals surface area contributed by atoms with Crippen LogP contribution in [0.4, 0.5) is 0 Å². The van der Waals surface area contributed by atoms with Crippen LogP contribution in [0.5, 0.6) is 0 Å². The van der Waals surface area contributed by atoms with E-state index in [1.165, 1.54) is 0 Å². The number of benzene rings is 1. The number of ether oxygens (including phenoxy) is 1. The second-order valence-corrected chi connectivity index (χ2v) is 5.69. The van der Waals surface area contributed by atoms with Crippen molar-refractivity contribution < 1.29 is 9.53 Å². The molecule has 0 spiro atoms. The van der Waals surface area contributed by atoms with Crippen LogP contribution in [-0.2, 0) is 16.1 Å². The van der Waals surface area contributed by atoms with E-state index in [9.17, 15) is 4.79 Å². The van der Waals surface area contributed by atoms with Gasteiger partial charge in [0.05, 0.1) is 12.7 Å². The first-order valence-corrected chi connectivity index (χ1v) is 7.67. The lowest BCUT2D eigenvalue weighted by atomic mass is 9.99. The Morgan fingerprint density at radius 1 is 1.35 bits per heavy atom. The average molecular weight is 296 g/mol. The monoisotopic (exact) mass is 295 g/mol. The third kappa shape index (κ3) is 3.53. The Morgan fingerprint density at radius 3 is 2.60 bits per heavy atom. The summed E-state index contributed by atoms with van der Waals surface area (Å²) in [6.45, 7) is 6.06. The van der Waals surface area contributed by atoms with Gasteiger partial charge in [-0.05, 0) is 24.5 Å². The lowest BCUT2D eigenvalue weighted by Gasteiger charge is -2.40. The molecule has 1 fully saturated rings. The molecule has 1 amide bonds. The van der Waals surface area contributed by atoms with Crippen molar-refractivity contribution in [1.29, 1.82) is 0 Å². The number of rotatable bonds is 6. The molecule has 20 heavy (non-hydrogen) atoms. The molecule has 110 valence electrons. The summed E-state index contributed by atoms with van der Waals surface area (Å²) >= 11 is 6.08. The first-order valence-electron chi connectivity index (χ1n) is 7.29. The number of carbonyl (C=O) groups is 1. The van der Waals surface area contributed by atoms with Crippen LogP contribution in [0.3, 0.4) is 0 Å². The molecule has 0 bridgehead atoms. The maximum absolute atomic E-state index is 12.1. The van der Waals surface area contributed by atoms with Crippen LogP contribution in [0.1, 0.15) is 32.3 Å². The SMILES string of the molecule is CCC(CC)C(=O)N1CC(OCc2ccccc2Cl)C1. The van der Waals surface area contributed by atoms with E-state index in [-0.39, 0.29) is 17.9 Å². The van der Waals surface area contributed by atoms with Gasteiger partial charge in [-0.25, -0.2) is 0 Å². The van der Waals surface area contributed by atoms with E-state index in [2.05, 4.69) is 13.8 Å². The zero-order chi connectivity index (χ0) is 14.5. The third-order valence-electron chi connectivity index (χ3n) is 3.93. The molecule has 1 saturated heterocycles. The molecule has 0 saturated carbocycles. The van der Waals surface area contributed by atoms with Crippen molar-refractivity contribution in [3.63, 3.8) is 0 Å². The van der Waals surface area contributed by atoms with Crippen LogP contribution in [-0.4, -0.2) is 30.0 Å². The van der Waals surface area contributed by atoms with Crippen molar-refractivity contribution in [2.75, 3.05) is 13.1 Å². The molecule has 1 aromatic carbocycles. The van der Waals surface area contributed by atoms with Crippen molar-refractivity contribution in [1.82, 2.24) is 4.90 Å². The van der Waals surface area contributed by atoms with E-state index in [1.54, 1.807) is 0 Å². The first-order chi connectivity index (χ1) is 9.65. The number of likely N-dealkylation sites (tertiary alicyclic amines) is 1. The van der Waals surface area contributed by atoms with Gasteiger partial charge in [-0.2, -0.15) is 0 Å². The topological polar surface area (TPSA) is 29.5 Å². The lowest BCUT2D eigenvalue weighted by Crippen LogP contribution is -2.56. The first kappa shape index (κ1) is 15.3. The largest absolute Gasteiger partial charge is 0.370 e. The number of hydrogen-bond donors (Lipinski definition) is 0. The van der Waals surface area contributed by atoms with Crippen molar-refractivity contribution >= 4 is 17.5 Å². The maximum Gasteiger partial charge on any atom is 0.225 e. The number of nitrogens with zero attached hydrogens (tertiary/aromatic N) is 1. The molecule has 1 aliphatic heterocycles. The van der Waals surface area contributed by atoms with Gasteiger partial charge in [-0.15, -0.1) is 0 Å². The van der Waals surface area contributed by atoms with Gasteiger partial charge < -0.3 is 9.64 Å². The van der Waals surface area contributed by atoms with Crippen LogP contribution in [0.15, 0.2) is 24.3 Å². The summed E-state index contributed by atoms with van der Waals surface area (Å²) in [5, 5.41) is 0.733. The van der Waals surface area contributed by atoms with E-state index in [1.807, 2.05) is 29.2 Å². The number of carbonyl (C=O) groups excluding carboxylic acids is 1. The molecule has 2 rings (SSSR count). The number of halogens is 1. The lowest BCUT2D eigenvalue weighted by molar-refractivity contribution is -0.150. The molecule has 4 heteroatoms. The van der Waals surface area contributed by atoms with Gasteiger partial charge in [0.25, 0.3) is 0 Å². The zero-order valence-electron chi connectivity index (χ0n) is 12.1. The van der Waals surface area contributed by atoms with Crippen molar-refractivity contribution in [3.05, 3.63) is 34.9 Å². The predicted molar refractivity (Wildman–Crippen MR) is 80.7 cm³/mol. The predicted octanol–water partition coefficient (Wildman–Crippen LogP) is 3.50. The van der Waals surface area contributed by atoms with Crippen LogP contribution in [0.2, 0.25) is 5.02 Å². The van der Waals surface area contributed by atoms with E-state index in [0.29, 0.717) is 19.7 Å². The highest BCUT2D eigenvalue weighted by molar-refractivity contribution is 6.31. The van der Waals surface area contributed by atoms with Crippen molar-refractivity contribution in [3.8, 4) is 0 Å². The van der Waals surface area contributed by atoms with Crippen molar-refractivity contribution in [2.45, 2.75) is 39.4 Å². The fourth-order valence-electron chi connectivity index (χ4n) is 2.44. The summed E-state index contributed by atoms with van der Waals surface area (Å²) in [6, 6.07) is 7.69. The molecule has 3 nitrogen and oxygen atoms in total.